The fourth-order valence-electron chi connectivity index (χ4n) is 1.67. The number of hydrogen-bond acceptors (Lipinski definition) is 4. The van der Waals surface area contributed by atoms with Crippen LogP contribution in [0.15, 0.2) is 47.4 Å². The molecule has 0 saturated heterocycles. The maximum absolute atomic E-state index is 12.2. The number of hydrogen-bond donors (Lipinski definition) is 1. The molecule has 0 radical (unpaired) electrons. The number of pyridine rings is 1. The van der Waals surface area contributed by atoms with Gasteiger partial charge < -0.3 is 6.15 Å². The summed E-state index contributed by atoms with van der Waals surface area (Å²) in [5.74, 6) is -0.0574. The Hall–Kier alpha value is -1.72. The predicted molar refractivity (Wildman–Crippen MR) is 76.1 cm³/mol. The molecular formula is C14H18N2O2S. The van der Waals surface area contributed by atoms with Crippen LogP contribution in [0, 0.1) is 13.8 Å². The highest BCUT2D eigenvalue weighted by atomic mass is 32.2. The van der Waals surface area contributed by atoms with Crippen molar-refractivity contribution in [3.05, 3.63) is 59.4 Å². The average molecular weight is 278 g/mol. The van der Waals surface area contributed by atoms with E-state index in [1.807, 2.05) is 19.9 Å². The van der Waals surface area contributed by atoms with Gasteiger partial charge in [-0.2, -0.15) is 0 Å². The Bertz CT molecular complexity index is 652. The Labute approximate surface area is 114 Å². The number of aromatic nitrogens is 1. The maximum atomic E-state index is 12.2. The van der Waals surface area contributed by atoms with Crippen LogP contribution in [0.1, 0.15) is 17.0 Å². The molecule has 102 valence electrons. The molecule has 5 heteroatoms. The fraction of sp³-hybridized carbons (Fsp3) is 0.214. The van der Waals surface area contributed by atoms with Gasteiger partial charge in [-0.15, -0.1) is 0 Å². The van der Waals surface area contributed by atoms with E-state index in [1.165, 1.54) is 0 Å². The van der Waals surface area contributed by atoms with E-state index in [-0.39, 0.29) is 11.9 Å². The first-order valence-electron chi connectivity index (χ1n) is 5.70. The van der Waals surface area contributed by atoms with Crippen molar-refractivity contribution in [3.63, 3.8) is 0 Å². The van der Waals surface area contributed by atoms with E-state index in [9.17, 15) is 8.42 Å². The van der Waals surface area contributed by atoms with Crippen molar-refractivity contribution in [2.75, 3.05) is 0 Å². The molecule has 3 N–H and O–H groups in total. The molecule has 19 heavy (non-hydrogen) atoms. The van der Waals surface area contributed by atoms with Gasteiger partial charge in [0.2, 0.25) is 0 Å². The van der Waals surface area contributed by atoms with Crippen molar-refractivity contribution < 1.29 is 8.42 Å². The molecule has 0 unspecified atom stereocenters. The van der Waals surface area contributed by atoms with Crippen LogP contribution in [0.25, 0.3) is 0 Å². The molecule has 1 heterocycles. The molecule has 0 aliphatic rings. The van der Waals surface area contributed by atoms with Gasteiger partial charge in [-0.25, -0.2) is 8.42 Å². The lowest BCUT2D eigenvalue weighted by Crippen LogP contribution is -2.07. The average Bonchev–Trinajstić information content (AvgIpc) is 2.35. The zero-order valence-electron chi connectivity index (χ0n) is 11.1. The first-order valence-corrected chi connectivity index (χ1v) is 7.35. The van der Waals surface area contributed by atoms with E-state index in [1.54, 1.807) is 36.4 Å². The maximum Gasteiger partial charge on any atom is 0.184 e. The van der Waals surface area contributed by atoms with Crippen LogP contribution >= 0.6 is 0 Å². The summed E-state index contributed by atoms with van der Waals surface area (Å²) >= 11 is 0. The quantitative estimate of drug-likeness (QED) is 0.935. The van der Waals surface area contributed by atoms with E-state index >= 15 is 0 Å². The Morgan fingerprint density at radius 3 is 2.21 bits per heavy atom. The van der Waals surface area contributed by atoms with Gasteiger partial charge in [-0.05, 0) is 37.6 Å². The smallest absolute Gasteiger partial charge is 0.184 e. The SMILES string of the molecule is Cc1ccc(CS(=O)(=O)c2ccccc2)nc1C.N. The van der Waals surface area contributed by atoms with Crippen molar-refractivity contribution in [1.29, 1.82) is 0 Å². The molecule has 2 aromatic rings. The minimum Gasteiger partial charge on any atom is -0.344 e. The molecule has 0 aliphatic carbocycles. The Morgan fingerprint density at radius 2 is 1.63 bits per heavy atom. The highest BCUT2D eigenvalue weighted by Gasteiger charge is 2.15. The molecule has 2 rings (SSSR count). The first-order chi connectivity index (χ1) is 8.49. The zero-order chi connectivity index (χ0) is 13.2. The third kappa shape index (κ3) is 3.62. The molecule has 0 fully saturated rings. The van der Waals surface area contributed by atoms with Crippen LogP contribution in [-0.2, 0) is 15.6 Å². The zero-order valence-corrected chi connectivity index (χ0v) is 11.9. The Kier molecular flexibility index (Phi) is 4.80. The van der Waals surface area contributed by atoms with Crippen LogP contribution in [0.2, 0.25) is 0 Å². The molecule has 0 amide bonds. The molecule has 1 aromatic carbocycles. The number of nitrogens with zero attached hydrogens (tertiary/aromatic N) is 1. The van der Waals surface area contributed by atoms with Gasteiger partial charge in [0.1, 0.15) is 0 Å². The lowest BCUT2D eigenvalue weighted by molar-refractivity contribution is 0.594. The summed E-state index contributed by atoms with van der Waals surface area (Å²) in [6, 6.07) is 12.1. The van der Waals surface area contributed by atoms with Gasteiger partial charge in [0.05, 0.1) is 16.3 Å². The summed E-state index contributed by atoms with van der Waals surface area (Å²) in [6.45, 7) is 3.84. The van der Waals surface area contributed by atoms with Gasteiger partial charge in [0.25, 0.3) is 0 Å². The first kappa shape index (κ1) is 15.3. The van der Waals surface area contributed by atoms with Crippen LogP contribution in [0.4, 0.5) is 0 Å². The number of benzene rings is 1. The second-order valence-corrected chi connectivity index (χ2v) is 6.27. The normalized spacial score (nSPS) is 10.8. The summed E-state index contributed by atoms with van der Waals surface area (Å²) < 4.78 is 24.3. The number of sulfone groups is 1. The predicted octanol–water partition coefficient (Wildman–Crippen LogP) is 2.83. The topological polar surface area (TPSA) is 82.0 Å². The van der Waals surface area contributed by atoms with E-state index < -0.39 is 9.84 Å². The lowest BCUT2D eigenvalue weighted by Gasteiger charge is -2.06. The monoisotopic (exact) mass is 278 g/mol. The lowest BCUT2D eigenvalue weighted by atomic mass is 10.2. The van der Waals surface area contributed by atoms with E-state index in [4.69, 9.17) is 0 Å². The molecule has 0 atom stereocenters. The molecule has 0 bridgehead atoms. The highest BCUT2D eigenvalue weighted by molar-refractivity contribution is 7.90. The second-order valence-electron chi connectivity index (χ2n) is 4.28. The second kappa shape index (κ2) is 5.95. The minimum atomic E-state index is -3.31. The molecule has 4 nitrogen and oxygen atoms in total. The van der Waals surface area contributed by atoms with Gasteiger partial charge in [-0.3, -0.25) is 4.98 Å². The number of rotatable bonds is 3. The summed E-state index contributed by atoms with van der Waals surface area (Å²) in [5, 5.41) is 0. The van der Waals surface area contributed by atoms with Crippen molar-refractivity contribution in [2.24, 2.45) is 0 Å². The molecule has 1 aromatic heterocycles. The fourth-order valence-corrected chi connectivity index (χ4v) is 2.96. The van der Waals surface area contributed by atoms with Crippen LogP contribution in [0.5, 0.6) is 0 Å². The molecule has 0 aliphatic heterocycles. The third-order valence-corrected chi connectivity index (χ3v) is 4.51. The van der Waals surface area contributed by atoms with E-state index in [0.29, 0.717) is 10.6 Å². The minimum absolute atomic E-state index is 0. The highest BCUT2D eigenvalue weighted by Crippen LogP contribution is 2.15. The van der Waals surface area contributed by atoms with Crippen LogP contribution in [0.3, 0.4) is 0 Å². The number of aryl methyl sites for hydroxylation is 2. The molecular weight excluding hydrogens is 260 g/mol. The summed E-state index contributed by atoms with van der Waals surface area (Å²) in [4.78, 5) is 4.64. The Balaban J connectivity index is 0.00000180. The summed E-state index contributed by atoms with van der Waals surface area (Å²) in [5.41, 5.74) is 2.52. The van der Waals surface area contributed by atoms with E-state index in [2.05, 4.69) is 4.98 Å². The Morgan fingerprint density at radius 1 is 1.00 bits per heavy atom. The van der Waals surface area contributed by atoms with Crippen molar-refractivity contribution in [1.82, 2.24) is 11.1 Å². The van der Waals surface area contributed by atoms with Gasteiger partial charge >= 0.3 is 0 Å². The third-order valence-electron chi connectivity index (χ3n) is 2.85. The van der Waals surface area contributed by atoms with Crippen LogP contribution in [-0.4, -0.2) is 13.4 Å². The largest absolute Gasteiger partial charge is 0.344 e. The molecule has 0 spiro atoms. The van der Waals surface area contributed by atoms with Crippen molar-refractivity contribution >= 4 is 9.84 Å². The van der Waals surface area contributed by atoms with Crippen molar-refractivity contribution in [2.45, 2.75) is 24.5 Å². The van der Waals surface area contributed by atoms with Gasteiger partial charge in [-0.1, -0.05) is 24.3 Å². The van der Waals surface area contributed by atoms with Crippen LogP contribution < -0.4 is 6.15 Å². The summed E-state index contributed by atoms with van der Waals surface area (Å²) in [6.07, 6.45) is 0. The van der Waals surface area contributed by atoms with Gasteiger partial charge in [0, 0.05) is 5.69 Å². The molecule has 0 saturated carbocycles. The van der Waals surface area contributed by atoms with Gasteiger partial charge in [0.15, 0.2) is 9.84 Å². The summed E-state index contributed by atoms with van der Waals surface area (Å²) in [7, 11) is -3.31. The van der Waals surface area contributed by atoms with Crippen molar-refractivity contribution in [3.8, 4) is 0 Å². The standard InChI is InChI=1S/C14H15NO2S.H3N/c1-11-8-9-13(15-12(11)2)10-18(16,17)14-6-4-3-5-7-14;/h3-9H,10H2,1-2H3;1H3. The van der Waals surface area contributed by atoms with E-state index in [0.717, 1.165) is 11.3 Å².